The van der Waals surface area contributed by atoms with Crippen LogP contribution in [0.5, 0.6) is 5.75 Å². The molecule has 0 fully saturated rings. The fourth-order valence-electron chi connectivity index (χ4n) is 2.93. The third-order valence-electron chi connectivity index (χ3n) is 4.33. The summed E-state index contributed by atoms with van der Waals surface area (Å²) in [6, 6.07) is 16.1. The average Bonchev–Trinajstić information content (AvgIpc) is 3.03. The van der Waals surface area contributed by atoms with Gasteiger partial charge in [-0.15, -0.1) is 5.10 Å². The third-order valence-corrected chi connectivity index (χ3v) is 4.81. The predicted molar refractivity (Wildman–Crippen MR) is 99.5 cm³/mol. The zero-order valence-corrected chi connectivity index (χ0v) is 14.7. The van der Waals surface area contributed by atoms with Gasteiger partial charge in [0.1, 0.15) is 11.4 Å². The Morgan fingerprint density at radius 1 is 1.12 bits per heavy atom. The van der Waals surface area contributed by atoms with Crippen molar-refractivity contribution in [2.24, 2.45) is 0 Å². The number of nitrogens with zero attached hydrogens (tertiary/aromatic N) is 3. The van der Waals surface area contributed by atoms with Crippen LogP contribution in [0.4, 0.5) is 0 Å². The summed E-state index contributed by atoms with van der Waals surface area (Å²) in [7, 11) is 0. The Labute approximate surface area is 151 Å². The highest BCUT2D eigenvalue weighted by Crippen LogP contribution is 2.35. The summed E-state index contributed by atoms with van der Waals surface area (Å²) in [6.07, 6.45) is 2.73. The second-order valence-corrected chi connectivity index (χ2v) is 6.56. The van der Waals surface area contributed by atoms with Crippen molar-refractivity contribution < 1.29 is 4.74 Å². The molecule has 0 atom stereocenters. The fourth-order valence-corrected chi connectivity index (χ4v) is 3.24. The van der Waals surface area contributed by atoms with E-state index in [0.29, 0.717) is 13.2 Å². The van der Waals surface area contributed by atoms with Gasteiger partial charge in [0.2, 0.25) is 0 Å². The van der Waals surface area contributed by atoms with Gasteiger partial charge >= 0.3 is 0 Å². The molecule has 4 rings (SSSR count). The van der Waals surface area contributed by atoms with E-state index in [-0.39, 0.29) is 0 Å². The van der Waals surface area contributed by atoms with Crippen molar-refractivity contribution in [3.05, 3.63) is 71.4 Å². The molecule has 1 aliphatic rings. The summed E-state index contributed by atoms with van der Waals surface area (Å²) in [5.41, 5.74) is 5.20. The van der Waals surface area contributed by atoms with Gasteiger partial charge in [-0.3, -0.25) is 0 Å². The molecule has 0 radical (unpaired) electrons. The minimum absolute atomic E-state index is 0.607. The van der Waals surface area contributed by atoms with Gasteiger partial charge in [-0.05, 0) is 24.6 Å². The minimum atomic E-state index is 0.607. The largest absolute Gasteiger partial charge is 0.493 e. The van der Waals surface area contributed by atoms with Crippen LogP contribution in [0.2, 0.25) is 0 Å². The molecular formula is C20H18ClN3O. The van der Waals surface area contributed by atoms with Crippen LogP contribution < -0.4 is 4.74 Å². The monoisotopic (exact) mass is 351 g/mol. The van der Waals surface area contributed by atoms with Gasteiger partial charge in [0.05, 0.1) is 24.4 Å². The first-order chi connectivity index (χ1) is 12.2. The van der Waals surface area contributed by atoms with Crippen molar-refractivity contribution in [3.63, 3.8) is 0 Å². The maximum absolute atomic E-state index is 6.65. The topological polar surface area (TPSA) is 39.9 Å². The quantitative estimate of drug-likeness (QED) is 0.687. The van der Waals surface area contributed by atoms with E-state index >= 15 is 0 Å². The molecule has 0 saturated heterocycles. The minimum Gasteiger partial charge on any atom is -0.493 e. The van der Waals surface area contributed by atoms with Gasteiger partial charge in [-0.2, -0.15) is 0 Å². The van der Waals surface area contributed by atoms with Gasteiger partial charge in [-0.25, -0.2) is 4.68 Å². The Kier molecular flexibility index (Phi) is 4.28. The molecule has 1 aromatic heterocycles. The zero-order chi connectivity index (χ0) is 17.2. The molecule has 0 bridgehead atoms. The van der Waals surface area contributed by atoms with E-state index in [1.807, 2.05) is 35.1 Å². The highest BCUT2D eigenvalue weighted by molar-refractivity contribution is 6.49. The number of aromatic nitrogens is 3. The number of aryl methyl sites for hydroxylation is 1. The van der Waals surface area contributed by atoms with Crippen LogP contribution >= 0.6 is 11.6 Å². The molecule has 4 nitrogen and oxygen atoms in total. The number of para-hydroxylation sites is 1. The van der Waals surface area contributed by atoms with E-state index in [1.165, 1.54) is 5.56 Å². The summed E-state index contributed by atoms with van der Waals surface area (Å²) in [4.78, 5) is 0. The van der Waals surface area contributed by atoms with Gasteiger partial charge < -0.3 is 4.74 Å². The molecule has 1 aliphatic heterocycles. The number of halogens is 1. The zero-order valence-electron chi connectivity index (χ0n) is 13.9. The summed E-state index contributed by atoms with van der Waals surface area (Å²) < 4.78 is 7.64. The van der Waals surface area contributed by atoms with Crippen molar-refractivity contribution in [3.8, 4) is 17.0 Å². The molecule has 3 aromatic rings. The van der Waals surface area contributed by atoms with Crippen molar-refractivity contribution >= 4 is 16.6 Å². The van der Waals surface area contributed by atoms with E-state index in [4.69, 9.17) is 16.3 Å². The number of hydrogen-bond donors (Lipinski definition) is 0. The Morgan fingerprint density at radius 2 is 1.92 bits per heavy atom. The molecule has 0 unspecified atom stereocenters. The normalized spacial score (nSPS) is 14.0. The van der Waals surface area contributed by atoms with Crippen LogP contribution in [0.3, 0.4) is 0 Å². The van der Waals surface area contributed by atoms with Crippen LogP contribution in [0.25, 0.3) is 16.3 Å². The highest BCUT2D eigenvalue weighted by Gasteiger charge is 2.17. The summed E-state index contributed by atoms with van der Waals surface area (Å²) >= 11 is 6.65. The lowest BCUT2D eigenvalue weighted by Gasteiger charge is -2.07. The Bertz CT molecular complexity index is 928. The summed E-state index contributed by atoms with van der Waals surface area (Å²) in [5.74, 6) is 0.835. The van der Waals surface area contributed by atoms with Crippen molar-refractivity contribution in [2.75, 3.05) is 6.61 Å². The van der Waals surface area contributed by atoms with E-state index in [9.17, 15) is 0 Å². The van der Waals surface area contributed by atoms with Gasteiger partial charge in [0.25, 0.3) is 0 Å². The van der Waals surface area contributed by atoms with Crippen molar-refractivity contribution in [2.45, 2.75) is 19.9 Å². The molecule has 0 spiro atoms. The smallest absolute Gasteiger partial charge is 0.128 e. The first kappa shape index (κ1) is 15.9. The number of rotatable bonds is 3. The van der Waals surface area contributed by atoms with Crippen LogP contribution in [0, 0.1) is 6.92 Å². The molecule has 5 heteroatoms. The Balaban J connectivity index is 1.61. The van der Waals surface area contributed by atoms with Gasteiger partial charge in [-0.1, -0.05) is 58.8 Å². The lowest BCUT2D eigenvalue weighted by Crippen LogP contribution is -2.05. The predicted octanol–water partition coefficient (Wildman–Crippen LogP) is 4.69. The molecule has 2 aromatic carbocycles. The molecule has 0 N–H and O–H groups in total. The Hall–Kier alpha value is -2.59. The van der Waals surface area contributed by atoms with Crippen LogP contribution in [0.15, 0.2) is 60.3 Å². The average molecular weight is 352 g/mol. The van der Waals surface area contributed by atoms with Crippen molar-refractivity contribution in [1.29, 1.82) is 0 Å². The van der Waals surface area contributed by atoms with Crippen LogP contribution in [-0.2, 0) is 6.54 Å². The number of ether oxygens (including phenoxy) is 1. The number of benzene rings is 2. The number of hydrogen-bond acceptors (Lipinski definition) is 3. The second kappa shape index (κ2) is 6.73. The van der Waals surface area contributed by atoms with E-state index in [2.05, 4.69) is 41.5 Å². The van der Waals surface area contributed by atoms with Gasteiger partial charge in [0.15, 0.2) is 0 Å². The first-order valence-electron chi connectivity index (χ1n) is 8.27. The van der Waals surface area contributed by atoms with Crippen LogP contribution in [0.1, 0.15) is 17.5 Å². The van der Waals surface area contributed by atoms with Gasteiger partial charge in [0, 0.05) is 17.5 Å². The van der Waals surface area contributed by atoms with E-state index < -0.39 is 0 Å². The summed E-state index contributed by atoms with van der Waals surface area (Å²) in [6.45, 7) is 3.29. The molecule has 2 heterocycles. The molecule has 0 amide bonds. The fraction of sp³-hybridized carbons (Fsp3) is 0.200. The SMILES string of the molecule is Cc1ccc(-c2cn(CC3=C(Cl)c4ccccc4OCC3)nn2)cc1. The van der Waals surface area contributed by atoms with E-state index in [0.717, 1.165) is 39.6 Å². The van der Waals surface area contributed by atoms with E-state index in [1.54, 1.807) is 0 Å². The maximum Gasteiger partial charge on any atom is 0.128 e. The molecule has 25 heavy (non-hydrogen) atoms. The summed E-state index contributed by atoms with van der Waals surface area (Å²) in [5, 5.41) is 9.30. The Morgan fingerprint density at radius 3 is 2.76 bits per heavy atom. The van der Waals surface area contributed by atoms with Crippen LogP contribution in [-0.4, -0.2) is 21.6 Å². The molecule has 0 aliphatic carbocycles. The molecular weight excluding hydrogens is 334 g/mol. The first-order valence-corrected chi connectivity index (χ1v) is 8.65. The third kappa shape index (κ3) is 3.30. The highest BCUT2D eigenvalue weighted by atomic mass is 35.5. The second-order valence-electron chi connectivity index (χ2n) is 6.18. The number of fused-ring (bicyclic) bond motifs is 1. The lowest BCUT2D eigenvalue weighted by molar-refractivity contribution is 0.321. The lowest BCUT2D eigenvalue weighted by atomic mass is 10.1. The van der Waals surface area contributed by atoms with Crippen molar-refractivity contribution in [1.82, 2.24) is 15.0 Å². The molecule has 126 valence electrons. The maximum atomic E-state index is 6.65. The standard InChI is InChI=1S/C20H18ClN3O/c1-14-6-8-15(9-7-14)18-13-24(23-22-18)12-16-10-11-25-19-5-3-2-4-17(19)20(16)21/h2-9,13H,10-12H2,1H3. The molecule has 0 saturated carbocycles.